The molecule has 0 unspecified atom stereocenters. The number of aromatic nitrogens is 5. The number of aliphatic hydroxyl groups is 1. The number of aliphatic hydroxyl groups excluding tert-OH is 1. The van der Waals surface area contributed by atoms with Gasteiger partial charge in [-0.05, 0) is 30.2 Å². The summed E-state index contributed by atoms with van der Waals surface area (Å²) in [5, 5.41) is 14.0. The summed E-state index contributed by atoms with van der Waals surface area (Å²) in [6, 6.07) is 6.04. The number of aryl methyl sites for hydroxylation is 1. The summed E-state index contributed by atoms with van der Waals surface area (Å²) in [7, 11) is 3.59. The number of benzene rings is 1. The Morgan fingerprint density at radius 3 is 2.42 bits per heavy atom. The summed E-state index contributed by atoms with van der Waals surface area (Å²) in [4.78, 5) is 15.2. The van der Waals surface area contributed by atoms with Gasteiger partial charge in [0.05, 0.1) is 18.0 Å². The Morgan fingerprint density at radius 1 is 1.19 bits per heavy atom. The minimum absolute atomic E-state index is 0.0750. The first kappa shape index (κ1) is 17.9. The molecular formula is C18H21FN6O. The van der Waals surface area contributed by atoms with E-state index in [1.54, 1.807) is 35.8 Å². The van der Waals surface area contributed by atoms with Crippen LogP contribution in [0.2, 0.25) is 0 Å². The van der Waals surface area contributed by atoms with Crippen molar-refractivity contribution in [2.75, 3.05) is 11.9 Å². The summed E-state index contributed by atoms with van der Waals surface area (Å²) in [6.07, 6.45) is 1.46. The van der Waals surface area contributed by atoms with Crippen LogP contribution in [0.25, 0.3) is 11.3 Å². The van der Waals surface area contributed by atoms with Gasteiger partial charge in [-0.15, -0.1) is 0 Å². The van der Waals surface area contributed by atoms with E-state index >= 15 is 0 Å². The minimum atomic E-state index is -0.325. The van der Waals surface area contributed by atoms with Crippen molar-refractivity contribution in [3.05, 3.63) is 47.7 Å². The summed E-state index contributed by atoms with van der Waals surface area (Å²) >= 11 is 0. The molecule has 3 rings (SSSR count). The van der Waals surface area contributed by atoms with Gasteiger partial charge in [0.15, 0.2) is 0 Å². The highest BCUT2D eigenvalue weighted by atomic mass is 19.1. The van der Waals surface area contributed by atoms with Crippen LogP contribution in [-0.4, -0.2) is 36.9 Å². The number of hydrogen-bond acceptors (Lipinski definition) is 6. The molecule has 8 heteroatoms. The Balaban J connectivity index is 2.20. The van der Waals surface area contributed by atoms with Gasteiger partial charge in [0.2, 0.25) is 11.9 Å². The minimum Gasteiger partial charge on any atom is -0.392 e. The molecule has 0 amide bonds. The zero-order chi connectivity index (χ0) is 18.8. The van der Waals surface area contributed by atoms with Crippen molar-refractivity contribution in [2.45, 2.75) is 26.4 Å². The number of hydrogen-bond donors (Lipinski definition) is 1. The van der Waals surface area contributed by atoms with Crippen molar-refractivity contribution in [1.29, 1.82) is 0 Å². The van der Waals surface area contributed by atoms with E-state index in [1.165, 1.54) is 18.5 Å². The second kappa shape index (κ2) is 7.17. The Morgan fingerprint density at radius 2 is 1.88 bits per heavy atom. The lowest BCUT2D eigenvalue weighted by Crippen LogP contribution is -2.20. The van der Waals surface area contributed by atoms with Crippen LogP contribution in [0.4, 0.5) is 16.3 Å². The van der Waals surface area contributed by atoms with E-state index in [2.05, 4.69) is 20.1 Å². The molecule has 7 nitrogen and oxygen atoms in total. The van der Waals surface area contributed by atoms with Crippen molar-refractivity contribution in [1.82, 2.24) is 24.7 Å². The summed E-state index contributed by atoms with van der Waals surface area (Å²) in [6.45, 7) is 3.80. The zero-order valence-corrected chi connectivity index (χ0v) is 15.2. The van der Waals surface area contributed by atoms with Gasteiger partial charge in [-0.3, -0.25) is 4.90 Å². The molecule has 0 fully saturated rings. The number of rotatable bonds is 5. The first-order valence-electron chi connectivity index (χ1n) is 8.27. The molecule has 1 aromatic carbocycles. The van der Waals surface area contributed by atoms with E-state index in [0.29, 0.717) is 28.7 Å². The molecule has 0 radical (unpaired) electrons. The third-order valence-corrected chi connectivity index (χ3v) is 4.14. The fourth-order valence-corrected chi connectivity index (χ4v) is 2.80. The highest BCUT2D eigenvalue weighted by molar-refractivity contribution is 5.66. The molecule has 1 N–H and O–H groups in total. The standard InChI is InChI=1S/C18H21FN6O/c1-11(2)15-14(9-26)16(12-5-7-13(19)8-6-12)23-17(22-15)24(3)18-20-10-21-25(18)4/h5-8,10-11,26H,9H2,1-4H3. The molecule has 0 aliphatic heterocycles. The molecule has 0 aliphatic carbocycles. The number of halogens is 1. The van der Waals surface area contributed by atoms with Crippen LogP contribution in [0.5, 0.6) is 0 Å². The van der Waals surface area contributed by atoms with E-state index < -0.39 is 0 Å². The number of nitrogens with zero attached hydrogens (tertiary/aromatic N) is 6. The van der Waals surface area contributed by atoms with E-state index in [1.807, 2.05) is 13.8 Å². The van der Waals surface area contributed by atoms with Gasteiger partial charge in [-0.25, -0.2) is 19.0 Å². The van der Waals surface area contributed by atoms with E-state index in [9.17, 15) is 9.50 Å². The fourth-order valence-electron chi connectivity index (χ4n) is 2.80. The molecule has 3 aromatic rings. The molecule has 26 heavy (non-hydrogen) atoms. The predicted octanol–water partition coefficient (Wildman–Crippen LogP) is 2.79. The molecule has 0 bridgehead atoms. The number of anilines is 2. The summed E-state index contributed by atoms with van der Waals surface area (Å²) < 4.78 is 14.9. The lowest BCUT2D eigenvalue weighted by atomic mass is 9.99. The van der Waals surface area contributed by atoms with Crippen LogP contribution in [0.1, 0.15) is 31.0 Å². The first-order chi connectivity index (χ1) is 12.4. The third-order valence-electron chi connectivity index (χ3n) is 4.14. The average Bonchev–Trinajstić information content (AvgIpc) is 3.06. The van der Waals surface area contributed by atoms with Crippen LogP contribution in [0, 0.1) is 5.82 Å². The maximum atomic E-state index is 13.3. The lowest BCUT2D eigenvalue weighted by Gasteiger charge is -2.21. The van der Waals surface area contributed by atoms with Crippen LogP contribution >= 0.6 is 0 Å². The van der Waals surface area contributed by atoms with E-state index in [-0.39, 0.29) is 18.3 Å². The second-order valence-corrected chi connectivity index (χ2v) is 6.30. The van der Waals surface area contributed by atoms with Crippen LogP contribution in [0.15, 0.2) is 30.6 Å². The Hall–Kier alpha value is -2.87. The van der Waals surface area contributed by atoms with E-state index in [0.717, 1.165) is 5.69 Å². The van der Waals surface area contributed by atoms with Crippen molar-refractivity contribution < 1.29 is 9.50 Å². The highest BCUT2D eigenvalue weighted by Crippen LogP contribution is 2.31. The zero-order valence-electron chi connectivity index (χ0n) is 15.2. The van der Waals surface area contributed by atoms with Crippen LogP contribution < -0.4 is 4.90 Å². The Kier molecular flexibility index (Phi) is 4.94. The molecular weight excluding hydrogens is 335 g/mol. The van der Waals surface area contributed by atoms with Crippen molar-refractivity contribution >= 4 is 11.9 Å². The van der Waals surface area contributed by atoms with Gasteiger partial charge in [0.25, 0.3) is 0 Å². The second-order valence-electron chi connectivity index (χ2n) is 6.30. The third kappa shape index (κ3) is 3.28. The van der Waals surface area contributed by atoms with Gasteiger partial charge < -0.3 is 5.11 Å². The normalized spacial score (nSPS) is 11.2. The predicted molar refractivity (Wildman–Crippen MR) is 96.5 cm³/mol. The first-order valence-corrected chi connectivity index (χ1v) is 8.27. The van der Waals surface area contributed by atoms with Gasteiger partial charge >= 0.3 is 0 Å². The van der Waals surface area contributed by atoms with Gasteiger partial charge in [-0.1, -0.05) is 13.8 Å². The molecule has 0 aliphatic rings. The quantitative estimate of drug-likeness (QED) is 0.757. The largest absolute Gasteiger partial charge is 0.392 e. The molecule has 0 spiro atoms. The van der Waals surface area contributed by atoms with Crippen molar-refractivity contribution in [2.24, 2.45) is 7.05 Å². The highest BCUT2D eigenvalue weighted by Gasteiger charge is 2.21. The Bertz CT molecular complexity index is 907. The Labute approximate surface area is 151 Å². The van der Waals surface area contributed by atoms with Gasteiger partial charge in [0, 0.05) is 25.2 Å². The van der Waals surface area contributed by atoms with Crippen LogP contribution in [0.3, 0.4) is 0 Å². The van der Waals surface area contributed by atoms with E-state index in [4.69, 9.17) is 0 Å². The topological polar surface area (TPSA) is 80.0 Å². The monoisotopic (exact) mass is 356 g/mol. The fraction of sp³-hybridized carbons (Fsp3) is 0.333. The van der Waals surface area contributed by atoms with Crippen molar-refractivity contribution in [3.8, 4) is 11.3 Å². The molecule has 2 aromatic heterocycles. The van der Waals surface area contributed by atoms with Crippen molar-refractivity contribution in [3.63, 3.8) is 0 Å². The maximum Gasteiger partial charge on any atom is 0.232 e. The average molecular weight is 356 g/mol. The molecule has 0 atom stereocenters. The lowest BCUT2D eigenvalue weighted by molar-refractivity contribution is 0.279. The van der Waals surface area contributed by atoms with Crippen LogP contribution in [-0.2, 0) is 13.7 Å². The molecule has 2 heterocycles. The maximum absolute atomic E-state index is 13.3. The SMILES string of the molecule is CC(C)c1nc(N(C)c2ncnn2C)nc(-c2ccc(F)cc2)c1CO. The van der Waals surface area contributed by atoms with Gasteiger partial charge in [-0.2, -0.15) is 10.1 Å². The van der Waals surface area contributed by atoms with Gasteiger partial charge in [0.1, 0.15) is 12.1 Å². The molecule has 0 saturated carbocycles. The molecule has 0 saturated heterocycles. The summed E-state index contributed by atoms with van der Waals surface area (Å²) in [5.41, 5.74) is 2.68. The summed E-state index contributed by atoms with van der Waals surface area (Å²) in [5.74, 6) is 0.766. The smallest absolute Gasteiger partial charge is 0.232 e. The molecule has 136 valence electrons.